The van der Waals surface area contributed by atoms with Crippen LogP contribution in [0.4, 0.5) is 9.59 Å². The number of carbonyl (C=O) groups excluding carboxylic acids is 2. The van der Waals surface area contributed by atoms with Gasteiger partial charge in [0.15, 0.2) is 0 Å². The number of likely N-dealkylation sites (tertiary alicyclic amines) is 1. The summed E-state index contributed by atoms with van der Waals surface area (Å²) < 4.78 is 10.5. The predicted octanol–water partition coefficient (Wildman–Crippen LogP) is 3.66. The average molecular weight is 348 g/mol. The Morgan fingerprint density at radius 3 is 2.28 bits per heavy atom. The molecular formula is C19H28N2O4. The summed E-state index contributed by atoms with van der Waals surface area (Å²) >= 11 is 0. The van der Waals surface area contributed by atoms with Crippen LogP contribution < -0.4 is 5.32 Å². The van der Waals surface area contributed by atoms with E-state index in [4.69, 9.17) is 9.47 Å². The summed E-state index contributed by atoms with van der Waals surface area (Å²) in [5.74, 6) is 0. The van der Waals surface area contributed by atoms with Gasteiger partial charge in [-0.1, -0.05) is 30.3 Å². The van der Waals surface area contributed by atoms with E-state index in [2.05, 4.69) is 5.32 Å². The molecule has 0 bridgehead atoms. The average Bonchev–Trinajstić information content (AvgIpc) is 2.55. The van der Waals surface area contributed by atoms with Crippen molar-refractivity contribution in [2.75, 3.05) is 19.7 Å². The number of nitrogens with one attached hydrogen (secondary N) is 1. The molecule has 0 unspecified atom stereocenters. The zero-order valence-electron chi connectivity index (χ0n) is 15.5. The molecule has 1 fully saturated rings. The van der Waals surface area contributed by atoms with E-state index in [9.17, 15) is 9.59 Å². The van der Waals surface area contributed by atoms with E-state index in [0.29, 0.717) is 32.5 Å². The van der Waals surface area contributed by atoms with Crippen LogP contribution in [0.5, 0.6) is 0 Å². The molecule has 6 heteroatoms. The molecule has 2 amide bonds. The highest BCUT2D eigenvalue weighted by molar-refractivity contribution is 5.70. The lowest BCUT2D eigenvalue weighted by atomic mass is 9.81. The van der Waals surface area contributed by atoms with Gasteiger partial charge in [0.05, 0.1) is 12.1 Å². The van der Waals surface area contributed by atoms with Gasteiger partial charge in [0.1, 0.15) is 5.60 Å². The molecule has 0 aromatic heterocycles. The molecule has 0 spiro atoms. The minimum atomic E-state index is -0.536. The Labute approximate surface area is 149 Å². The maximum absolute atomic E-state index is 12.3. The Balaban J connectivity index is 2.12. The fraction of sp³-hybridized carbons (Fsp3) is 0.579. The first-order valence-corrected chi connectivity index (χ1v) is 8.74. The number of hydrogen-bond donors (Lipinski definition) is 1. The maximum atomic E-state index is 12.3. The third-order valence-corrected chi connectivity index (χ3v) is 4.21. The molecule has 0 atom stereocenters. The van der Waals surface area contributed by atoms with Crippen LogP contribution >= 0.6 is 0 Å². The van der Waals surface area contributed by atoms with Crippen LogP contribution in [-0.2, 0) is 15.0 Å². The second-order valence-corrected chi connectivity index (χ2v) is 7.26. The normalized spacial score (nSPS) is 16.9. The lowest BCUT2D eigenvalue weighted by molar-refractivity contribution is 0.0143. The molecule has 1 saturated heterocycles. The standard InChI is InChI=1S/C19H28N2O4/c1-5-24-16(22)20-19(15-9-7-6-8-10-15)11-13-21(14-12-19)17(23)25-18(2,3)4/h6-10H,5,11-14H2,1-4H3,(H,20,22). The summed E-state index contributed by atoms with van der Waals surface area (Å²) in [6, 6.07) is 9.83. The molecule has 1 N–H and O–H groups in total. The number of piperidine rings is 1. The van der Waals surface area contributed by atoms with Crippen LogP contribution in [0, 0.1) is 0 Å². The van der Waals surface area contributed by atoms with Crippen molar-refractivity contribution in [3.63, 3.8) is 0 Å². The van der Waals surface area contributed by atoms with Crippen LogP contribution in [-0.4, -0.2) is 42.4 Å². The van der Waals surface area contributed by atoms with Crippen molar-refractivity contribution in [2.45, 2.75) is 51.7 Å². The van der Waals surface area contributed by atoms with Gasteiger partial charge in [0.25, 0.3) is 0 Å². The van der Waals surface area contributed by atoms with Gasteiger partial charge in [-0.25, -0.2) is 9.59 Å². The number of nitrogens with zero attached hydrogens (tertiary/aromatic N) is 1. The van der Waals surface area contributed by atoms with Crippen LogP contribution in [0.1, 0.15) is 46.1 Å². The highest BCUT2D eigenvalue weighted by atomic mass is 16.6. The van der Waals surface area contributed by atoms with E-state index in [1.807, 2.05) is 51.1 Å². The SMILES string of the molecule is CCOC(=O)NC1(c2ccccc2)CCN(C(=O)OC(C)(C)C)CC1. The number of ether oxygens (including phenoxy) is 2. The molecule has 0 saturated carbocycles. The number of rotatable bonds is 3. The van der Waals surface area contributed by atoms with E-state index in [0.717, 1.165) is 5.56 Å². The minimum absolute atomic E-state index is 0.315. The van der Waals surface area contributed by atoms with Gasteiger partial charge >= 0.3 is 12.2 Å². The molecule has 6 nitrogen and oxygen atoms in total. The zero-order valence-corrected chi connectivity index (χ0v) is 15.5. The molecule has 1 aromatic carbocycles. The lowest BCUT2D eigenvalue weighted by Crippen LogP contribution is -2.54. The van der Waals surface area contributed by atoms with Gasteiger partial charge < -0.3 is 19.7 Å². The number of benzene rings is 1. The summed E-state index contributed by atoms with van der Waals surface area (Å²) in [5, 5.41) is 3.02. The Bertz CT molecular complexity index is 587. The topological polar surface area (TPSA) is 67.9 Å². The van der Waals surface area contributed by atoms with Gasteiger partial charge in [-0.15, -0.1) is 0 Å². The molecule has 1 aliphatic rings. The Hall–Kier alpha value is -2.24. The minimum Gasteiger partial charge on any atom is -0.450 e. The molecule has 1 heterocycles. The monoisotopic (exact) mass is 348 g/mol. The smallest absolute Gasteiger partial charge is 0.410 e. The van der Waals surface area contributed by atoms with E-state index in [1.54, 1.807) is 11.8 Å². The van der Waals surface area contributed by atoms with Crippen molar-refractivity contribution < 1.29 is 19.1 Å². The second kappa shape index (κ2) is 7.76. The summed E-state index contributed by atoms with van der Waals surface area (Å²) in [4.78, 5) is 26.0. The van der Waals surface area contributed by atoms with E-state index in [-0.39, 0.29) is 6.09 Å². The summed E-state index contributed by atoms with van der Waals surface area (Å²) in [7, 11) is 0. The first-order chi connectivity index (χ1) is 11.8. The fourth-order valence-corrected chi connectivity index (χ4v) is 3.00. The van der Waals surface area contributed by atoms with E-state index >= 15 is 0 Å². The molecule has 138 valence electrons. The first kappa shape index (κ1) is 19.1. The Morgan fingerprint density at radius 1 is 1.16 bits per heavy atom. The van der Waals surface area contributed by atoms with Crippen molar-refractivity contribution in [2.24, 2.45) is 0 Å². The molecule has 25 heavy (non-hydrogen) atoms. The Kier molecular flexibility index (Phi) is 5.93. The zero-order chi connectivity index (χ0) is 18.5. The van der Waals surface area contributed by atoms with Gasteiger partial charge in [0.2, 0.25) is 0 Å². The summed E-state index contributed by atoms with van der Waals surface area (Å²) in [6.07, 6.45) is 0.465. The van der Waals surface area contributed by atoms with Gasteiger partial charge in [-0.05, 0) is 46.1 Å². The van der Waals surface area contributed by atoms with Crippen molar-refractivity contribution in [1.82, 2.24) is 10.2 Å². The summed E-state index contributed by atoms with van der Waals surface area (Å²) in [6.45, 7) is 8.68. The fourth-order valence-electron chi connectivity index (χ4n) is 3.00. The predicted molar refractivity (Wildman–Crippen MR) is 95.3 cm³/mol. The van der Waals surface area contributed by atoms with Crippen molar-refractivity contribution in [3.8, 4) is 0 Å². The second-order valence-electron chi connectivity index (χ2n) is 7.26. The third kappa shape index (κ3) is 5.11. The lowest BCUT2D eigenvalue weighted by Gasteiger charge is -2.42. The van der Waals surface area contributed by atoms with Gasteiger partial charge in [-0.3, -0.25) is 0 Å². The number of alkyl carbamates (subject to hydrolysis) is 1. The van der Waals surface area contributed by atoms with E-state index < -0.39 is 17.2 Å². The highest BCUT2D eigenvalue weighted by Gasteiger charge is 2.40. The molecule has 0 radical (unpaired) electrons. The molecule has 0 aliphatic carbocycles. The number of hydrogen-bond acceptors (Lipinski definition) is 4. The largest absolute Gasteiger partial charge is 0.450 e. The van der Waals surface area contributed by atoms with Crippen molar-refractivity contribution >= 4 is 12.2 Å². The van der Waals surface area contributed by atoms with Crippen LogP contribution in [0.15, 0.2) is 30.3 Å². The highest BCUT2D eigenvalue weighted by Crippen LogP contribution is 2.33. The van der Waals surface area contributed by atoms with Crippen molar-refractivity contribution in [3.05, 3.63) is 35.9 Å². The maximum Gasteiger partial charge on any atom is 0.410 e. The van der Waals surface area contributed by atoms with Gasteiger partial charge in [0, 0.05) is 13.1 Å². The van der Waals surface area contributed by atoms with Crippen LogP contribution in [0.2, 0.25) is 0 Å². The molecule has 1 aromatic rings. The third-order valence-electron chi connectivity index (χ3n) is 4.21. The first-order valence-electron chi connectivity index (χ1n) is 8.74. The Morgan fingerprint density at radius 2 is 1.76 bits per heavy atom. The van der Waals surface area contributed by atoms with E-state index in [1.165, 1.54) is 0 Å². The van der Waals surface area contributed by atoms with Crippen molar-refractivity contribution in [1.29, 1.82) is 0 Å². The quantitative estimate of drug-likeness (QED) is 0.905. The van der Waals surface area contributed by atoms with Crippen LogP contribution in [0.25, 0.3) is 0 Å². The molecular weight excluding hydrogens is 320 g/mol. The van der Waals surface area contributed by atoms with Gasteiger partial charge in [-0.2, -0.15) is 0 Å². The summed E-state index contributed by atoms with van der Waals surface area (Å²) in [5.41, 5.74) is -0.0350. The molecule has 1 aliphatic heterocycles. The molecule has 2 rings (SSSR count). The number of amides is 2. The van der Waals surface area contributed by atoms with Crippen LogP contribution in [0.3, 0.4) is 0 Å². The number of carbonyl (C=O) groups is 2.